The number of rotatable bonds is 4. The molecule has 1 rings (SSSR count). The lowest BCUT2D eigenvalue weighted by Gasteiger charge is -2.27. The maximum Gasteiger partial charge on any atom is 0.237 e. The second-order valence-corrected chi connectivity index (χ2v) is 6.17. The van der Waals surface area contributed by atoms with Crippen LogP contribution in [0, 0.1) is 5.41 Å². The van der Waals surface area contributed by atoms with Crippen LogP contribution in [0.3, 0.4) is 0 Å². The van der Waals surface area contributed by atoms with Gasteiger partial charge in [-0.25, -0.2) is 0 Å². The van der Waals surface area contributed by atoms with E-state index in [1.165, 1.54) is 5.56 Å². The number of hydrogen-bond acceptors (Lipinski definition) is 2. The van der Waals surface area contributed by atoms with Crippen molar-refractivity contribution in [3.63, 3.8) is 0 Å². The highest BCUT2D eigenvalue weighted by atomic mass is 16.2. The molecule has 0 aliphatic carbocycles. The molecule has 106 valence electrons. The summed E-state index contributed by atoms with van der Waals surface area (Å²) in [5, 5.41) is 2.98. The first-order chi connectivity index (χ1) is 8.75. The lowest BCUT2D eigenvalue weighted by Crippen LogP contribution is -2.49. The Balaban J connectivity index is 2.68. The van der Waals surface area contributed by atoms with E-state index in [1.54, 1.807) is 0 Å². The molecule has 0 aliphatic heterocycles. The molecule has 0 heterocycles. The fourth-order valence-corrected chi connectivity index (χ4v) is 1.82. The normalized spacial score (nSPS) is 14.8. The SMILES string of the molecule is CCc1ccc(C(C)NC(=O)[C@H](N)C(C)(C)C)cc1. The number of aryl methyl sites for hydroxylation is 1. The third-order valence-electron chi connectivity index (χ3n) is 3.46. The minimum absolute atomic E-state index is 0.0215. The van der Waals surface area contributed by atoms with Crippen molar-refractivity contribution in [3.8, 4) is 0 Å². The van der Waals surface area contributed by atoms with Gasteiger partial charge in [-0.15, -0.1) is 0 Å². The first-order valence-electron chi connectivity index (χ1n) is 6.90. The second-order valence-electron chi connectivity index (χ2n) is 6.17. The molecule has 0 fully saturated rings. The van der Waals surface area contributed by atoms with E-state index in [0.29, 0.717) is 0 Å². The predicted molar refractivity (Wildman–Crippen MR) is 79.8 cm³/mol. The van der Waals surface area contributed by atoms with Crippen LogP contribution in [0.1, 0.15) is 51.8 Å². The van der Waals surface area contributed by atoms with Crippen LogP contribution in [0.2, 0.25) is 0 Å². The Morgan fingerprint density at radius 2 is 1.79 bits per heavy atom. The molecule has 3 nitrogen and oxygen atoms in total. The summed E-state index contributed by atoms with van der Waals surface area (Å²) < 4.78 is 0. The molecule has 0 aliphatic rings. The van der Waals surface area contributed by atoms with E-state index >= 15 is 0 Å². The van der Waals surface area contributed by atoms with Gasteiger partial charge < -0.3 is 11.1 Å². The number of carbonyl (C=O) groups excluding carboxylic acids is 1. The van der Waals surface area contributed by atoms with Crippen LogP contribution in [0.4, 0.5) is 0 Å². The Hall–Kier alpha value is -1.35. The average Bonchev–Trinajstić information content (AvgIpc) is 2.36. The lowest BCUT2D eigenvalue weighted by molar-refractivity contribution is -0.125. The molecular formula is C16H26N2O. The van der Waals surface area contributed by atoms with Crippen molar-refractivity contribution in [2.24, 2.45) is 11.1 Å². The minimum Gasteiger partial charge on any atom is -0.348 e. The van der Waals surface area contributed by atoms with E-state index in [1.807, 2.05) is 27.7 Å². The van der Waals surface area contributed by atoms with E-state index < -0.39 is 6.04 Å². The van der Waals surface area contributed by atoms with Gasteiger partial charge in [0.15, 0.2) is 0 Å². The molecule has 3 heteroatoms. The number of carbonyl (C=O) groups is 1. The largest absolute Gasteiger partial charge is 0.348 e. The number of amides is 1. The van der Waals surface area contributed by atoms with E-state index in [4.69, 9.17) is 5.73 Å². The zero-order chi connectivity index (χ0) is 14.6. The summed E-state index contributed by atoms with van der Waals surface area (Å²) in [5.41, 5.74) is 8.13. The van der Waals surface area contributed by atoms with Gasteiger partial charge in [0, 0.05) is 0 Å². The zero-order valence-corrected chi connectivity index (χ0v) is 12.7. The second kappa shape index (κ2) is 6.20. The van der Waals surface area contributed by atoms with Crippen molar-refractivity contribution >= 4 is 5.91 Å². The summed E-state index contributed by atoms with van der Waals surface area (Å²) in [6, 6.07) is 7.80. The third kappa shape index (κ3) is 4.35. The van der Waals surface area contributed by atoms with E-state index in [0.717, 1.165) is 12.0 Å². The lowest BCUT2D eigenvalue weighted by atomic mass is 9.86. The Labute approximate surface area is 116 Å². The van der Waals surface area contributed by atoms with Gasteiger partial charge in [-0.1, -0.05) is 52.0 Å². The van der Waals surface area contributed by atoms with Crippen molar-refractivity contribution in [2.45, 2.75) is 53.1 Å². The molecule has 1 amide bonds. The van der Waals surface area contributed by atoms with Gasteiger partial charge in [-0.2, -0.15) is 0 Å². The smallest absolute Gasteiger partial charge is 0.237 e. The summed E-state index contributed by atoms with van der Waals surface area (Å²) in [5.74, 6) is -0.0976. The van der Waals surface area contributed by atoms with Gasteiger partial charge in [0.2, 0.25) is 5.91 Å². The minimum atomic E-state index is -0.495. The topological polar surface area (TPSA) is 55.1 Å². The Bertz CT molecular complexity index is 417. The molecule has 1 aromatic rings. The highest BCUT2D eigenvalue weighted by Crippen LogP contribution is 2.19. The third-order valence-corrected chi connectivity index (χ3v) is 3.46. The van der Waals surface area contributed by atoms with Gasteiger partial charge >= 0.3 is 0 Å². The number of nitrogens with two attached hydrogens (primary N) is 1. The molecule has 19 heavy (non-hydrogen) atoms. The van der Waals surface area contributed by atoms with Crippen LogP contribution in [-0.4, -0.2) is 11.9 Å². The highest BCUT2D eigenvalue weighted by molar-refractivity contribution is 5.82. The molecule has 0 spiro atoms. The average molecular weight is 262 g/mol. The molecular weight excluding hydrogens is 236 g/mol. The summed E-state index contributed by atoms with van der Waals surface area (Å²) in [7, 11) is 0. The molecule has 0 saturated carbocycles. The first kappa shape index (κ1) is 15.7. The fourth-order valence-electron chi connectivity index (χ4n) is 1.82. The standard InChI is InChI=1S/C16H26N2O/c1-6-12-7-9-13(10-8-12)11(2)18-15(19)14(17)16(3,4)5/h7-11,14H,6,17H2,1-5H3,(H,18,19)/t11?,14-/m0/s1. The van der Waals surface area contributed by atoms with Crippen LogP contribution >= 0.6 is 0 Å². The van der Waals surface area contributed by atoms with Gasteiger partial charge in [-0.3, -0.25) is 4.79 Å². The predicted octanol–water partition coefficient (Wildman–Crippen LogP) is 2.80. The molecule has 0 aromatic heterocycles. The van der Waals surface area contributed by atoms with Gasteiger partial charge in [0.25, 0.3) is 0 Å². The molecule has 3 N–H and O–H groups in total. The van der Waals surface area contributed by atoms with Crippen LogP contribution in [0.5, 0.6) is 0 Å². The van der Waals surface area contributed by atoms with Crippen LogP contribution in [-0.2, 0) is 11.2 Å². The Morgan fingerprint density at radius 3 is 2.21 bits per heavy atom. The number of nitrogens with one attached hydrogen (secondary N) is 1. The highest BCUT2D eigenvalue weighted by Gasteiger charge is 2.28. The van der Waals surface area contributed by atoms with E-state index in [9.17, 15) is 4.79 Å². The van der Waals surface area contributed by atoms with Crippen LogP contribution in [0.25, 0.3) is 0 Å². The quantitative estimate of drug-likeness (QED) is 0.876. The number of benzene rings is 1. The van der Waals surface area contributed by atoms with E-state index in [2.05, 4.69) is 36.5 Å². The molecule has 0 saturated heterocycles. The molecule has 0 radical (unpaired) electrons. The molecule has 1 aromatic carbocycles. The van der Waals surface area contributed by atoms with Gasteiger partial charge in [0.1, 0.15) is 0 Å². The van der Waals surface area contributed by atoms with Crippen molar-refractivity contribution in [2.75, 3.05) is 0 Å². The maximum absolute atomic E-state index is 12.1. The summed E-state index contributed by atoms with van der Waals surface area (Å²) >= 11 is 0. The van der Waals surface area contributed by atoms with Crippen molar-refractivity contribution in [1.29, 1.82) is 0 Å². The summed E-state index contributed by atoms with van der Waals surface area (Å²) in [6.07, 6.45) is 1.02. The van der Waals surface area contributed by atoms with Gasteiger partial charge in [0.05, 0.1) is 12.1 Å². The van der Waals surface area contributed by atoms with Gasteiger partial charge in [-0.05, 0) is 29.9 Å². The monoisotopic (exact) mass is 262 g/mol. The number of hydrogen-bond donors (Lipinski definition) is 2. The first-order valence-corrected chi connectivity index (χ1v) is 6.90. The Kier molecular flexibility index (Phi) is 5.12. The molecule has 0 bridgehead atoms. The van der Waals surface area contributed by atoms with Crippen LogP contribution in [0.15, 0.2) is 24.3 Å². The summed E-state index contributed by atoms with van der Waals surface area (Å²) in [6.45, 7) is 10.0. The molecule has 2 atom stereocenters. The molecule has 1 unspecified atom stereocenters. The fraction of sp³-hybridized carbons (Fsp3) is 0.562. The zero-order valence-electron chi connectivity index (χ0n) is 12.7. The van der Waals surface area contributed by atoms with Crippen molar-refractivity contribution in [1.82, 2.24) is 5.32 Å². The summed E-state index contributed by atoms with van der Waals surface area (Å²) in [4.78, 5) is 12.1. The van der Waals surface area contributed by atoms with Crippen LogP contribution < -0.4 is 11.1 Å². The van der Waals surface area contributed by atoms with E-state index in [-0.39, 0.29) is 17.4 Å². The Morgan fingerprint density at radius 1 is 1.26 bits per heavy atom. The maximum atomic E-state index is 12.1. The van der Waals surface area contributed by atoms with Crippen molar-refractivity contribution in [3.05, 3.63) is 35.4 Å². The van der Waals surface area contributed by atoms with Crippen molar-refractivity contribution < 1.29 is 4.79 Å².